The first-order valence-electron chi connectivity index (χ1n) is 11.6. The zero-order valence-corrected chi connectivity index (χ0v) is 19.9. The summed E-state index contributed by atoms with van der Waals surface area (Å²) in [5, 5.41) is 2.22. The third kappa shape index (κ3) is 4.84. The van der Waals surface area contributed by atoms with Gasteiger partial charge in [0, 0.05) is 11.4 Å². The van der Waals surface area contributed by atoms with E-state index in [0.29, 0.717) is 17.5 Å². The van der Waals surface area contributed by atoms with Gasteiger partial charge in [0.2, 0.25) is 0 Å². The first kappa shape index (κ1) is 25.0. The Morgan fingerprint density at radius 2 is 1.86 bits per heavy atom. The molecule has 0 atom stereocenters. The summed E-state index contributed by atoms with van der Waals surface area (Å²) in [6.45, 7) is 3.94. The maximum Gasteiger partial charge on any atom is 0.418 e. The monoisotopic (exact) mass is 497 g/mol. The molecule has 3 N–H and O–H groups in total. The number of nitrogens with zero attached hydrogens (tertiary/aromatic N) is 3. The lowest BCUT2D eigenvalue weighted by atomic mass is 10.1. The maximum absolute atomic E-state index is 14.0. The number of aryl methyl sites for hydroxylation is 1. The quantitative estimate of drug-likeness (QED) is 0.346. The number of nitrogens with one attached hydrogen (secondary N) is 1. The molecule has 0 fully saturated rings. The predicted octanol–water partition coefficient (Wildman–Crippen LogP) is 6.29. The summed E-state index contributed by atoms with van der Waals surface area (Å²) in [6, 6.07) is 12.6. The van der Waals surface area contributed by atoms with Crippen molar-refractivity contribution < 1.29 is 22.7 Å². The molecule has 4 aromatic rings. The number of halogens is 3. The van der Waals surface area contributed by atoms with Crippen LogP contribution in [-0.2, 0) is 30.4 Å². The number of rotatable bonds is 4. The molecule has 2 heterocycles. The Morgan fingerprint density at radius 3 is 2.58 bits per heavy atom. The molecule has 1 aliphatic carbocycles. The summed E-state index contributed by atoms with van der Waals surface area (Å²) in [5.74, 6) is 0.194. The van der Waals surface area contributed by atoms with E-state index < -0.39 is 23.5 Å². The number of amides is 1. The number of aromatic nitrogens is 3. The summed E-state index contributed by atoms with van der Waals surface area (Å²) in [7, 11) is 0. The second kappa shape index (κ2) is 10.3. The molecule has 0 saturated carbocycles. The van der Waals surface area contributed by atoms with Crippen molar-refractivity contribution in [3.8, 4) is 5.69 Å². The molecule has 0 spiro atoms. The molecule has 5 rings (SSSR count). The van der Waals surface area contributed by atoms with Gasteiger partial charge in [-0.3, -0.25) is 5.32 Å². The van der Waals surface area contributed by atoms with E-state index in [-0.39, 0.29) is 18.1 Å². The highest BCUT2D eigenvalue weighted by atomic mass is 19.4. The van der Waals surface area contributed by atoms with E-state index in [1.165, 1.54) is 18.5 Å². The summed E-state index contributed by atoms with van der Waals surface area (Å²) in [5.41, 5.74) is 8.68. The number of nitrogen functional groups attached to an aromatic ring is 1. The highest BCUT2D eigenvalue weighted by Crippen LogP contribution is 2.40. The first-order chi connectivity index (χ1) is 17.3. The van der Waals surface area contributed by atoms with Gasteiger partial charge in [0.1, 0.15) is 18.5 Å². The van der Waals surface area contributed by atoms with Gasteiger partial charge in [0.25, 0.3) is 0 Å². The van der Waals surface area contributed by atoms with Crippen molar-refractivity contribution in [1.29, 1.82) is 0 Å². The molecule has 1 aliphatic rings. The predicted molar refractivity (Wildman–Crippen MR) is 132 cm³/mol. The van der Waals surface area contributed by atoms with Crippen molar-refractivity contribution in [2.24, 2.45) is 0 Å². The first-order valence-corrected chi connectivity index (χ1v) is 11.6. The van der Waals surface area contributed by atoms with Crippen molar-refractivity contribution in [3.63, 3.8) is 0 Å². The van der Waals surface area contributed by atoms with Crippen LogP contribution >= 0.6 is 0 Å². The second-order valence-corrected chi connectivity index (χ2v) is 7.98. The van der Waals surface area contributed by atoms with E-state index in [9.17, 15) is 18.0 Å². The van der Waals surface area contributed by atoms with Crippen LogP contribution in [0, 0.1) is 0 Å². The van der Waals surface area contributed by atoms with Gasteiger partial charge in [-0.1, -0.05) is 44.2 Å². The van der Waals surface area contributed by atoms with E-state index in [4.69, 9.17) is 10.5 Å². The van der Waals surface area contributed by atoms with Crippen LogP contribution in [0.15, 0.2) is 54.9 Å². The molecule has 2 aromatic heterocycles. The van der Waals surface area contributed by atoms with Crippen molar-refractivity contribution >= 4 is 28.6 Å². The van der Waals surface area contributed by atoms with E-state index in [0.717, 1.165) is 35.7 Å². The maximum atomic E-state index is 14.0. The van der Waals surface area contributed by atoms with Gasteiger partial charge in [-0.2, -0.15) is 13.2 Å². The molecule has 0 radical (unpaired) electrons. The summed E-state index contributed by atoms with van der Waals surface area (Å²) in [4.78, 5) is 20.6. The van der Waals surface area contributed by atoms with Crippen LogP contribution in [0.5, 0.6) is 0 Å². The SMILES string of the molecule is CC.Nc1ncnc2c3c(n(-c4ccc(NC(=O)OCc5ccccc5)c(C(F)(F)F)c4)c12)CCC3. The number of benzene rings is 2. The molecule has 10 heteroatoms. The zero-order chi connectivity index (χ0) is 25.9. The number of ether oxygens (including phenoxy) is 1. The van der Waals surface area contributed by atoms with Gasteiger partial charge >= 0.3 is 12.3 Å². The Bertz CT molecular complexity index is 1380. The van der Waals surface area contributed by atoms with Gasteiger partial charge in [-0.05, 0) is 48.6 Å². The molecule has 7 nitrogen and oxygen atoms in total. The number of anilines is 2. The number of carbonyl (C=O) groups excluding carboxylic acids is 1. The fourth-order valence-electron chi connectivity index (χ4n) is 4.37. The van der Waals surface area contributed by atoms with Crippen LogP contribution < -0.4 is 11.1 Å². The third-order valence-corrected chi connectivity index (χ3v) is 5.83. The standard InChI is InChI=1S/C24H20F3N5O2.C2H6/c25-24(26,27)17-11-15(9-10-18(17)31-23(33)34-12-14-5-2-1-3-6-14)32-19-8-4-7-16(19)20-21(32)22(28)30-13-29-20;1-2/h1-3,5-6,9-11,13H,4,7-8,12H2,(H,31,33)(H2,28,29,30);1-2H3. The highest BCUT2D eigenvalue weighted by Gasteiger charge is 2.35. The van der Waals surface area contributed by atoms with Crippen LogP contribution in [0.25, 0.3) is 16.7 Å². The Kier molecular flexibility index (Phi) is 7.14. The molecule has 0 saturated heterocycles. The van der Waals surface area contributed by atoms with Crippen molar-refractivity contribution in [3.05, 3.63) is 77.2 Å². The van der Waals surface area contributed by atoms with E-state index in [1.807, 2.05) is 19.9 Å². The van der Waals surface area contributed by atoms with Crippen molar-refractivity contribution in [2.45, 2.75) is 45.9 Å². The smallest absolute Gasteiger partial charge is 0.418 e. The number of hydrogen-bond donors (Lipinski definition) is 2. The highest BCUT2D eigenvalue weighted by molar-refractivity contribution is 5.92. The fourth-order valence-corrected chi connectivity index (χ4v) is 4.37. The van der Waals surface area contributed by atoms with Gasteiger partial charge in [-0.25, -0.2) is 14.8 Å². The topological polar surface area (TPSA) is 95.1 Å². The van der Waals surface area contributed by atoms with Crippen LogP contribution in [0.3, 0.4) is 0 Å². The average Bonchev–Trinajstić information content (AvgIpc) is 3.46. The number of alkyl halides is 3. The van der Waals surface area contributed by atoms with E-state index in [2.05, 4.69) is 15.3 Å². The van der Waals surface area contributed by atoms with Crippen LogP contribution in [-0.4, -0.2) is 20.6 Å². The summed E-state index contributed by atoms with van der Waals surface area (Å²) in [6.07, 6.45) is -2.00. The summed E-state index contributed by atoms with van der Waals surface area (Å²) < 4.78 is 48.7. The molecule has 1 amide bonds. The minimum Gasteiger partial charge on any atom is -0.444 e. The minimum absolute atomic E-state index is 0.0626. The Morgan fingerprint density at radius 1 is 1.11 bits per heavy atom. The molecule has 188 valence electrons. The lowest BCUT2D eigenvalue weighted by Crippen LogP contribution is -2.18. The Hall–Kier alpha value is -4.08. The van der Waals surface area contributed by atoms with Crippen LogP contribution in [0.2, 0.25) is 0 Å². The molecular formula is C26H26F3N5O2. The molecular weight excluding hydrogens is 471 g/mol. The molecule has 0 unspecified atom stereocenters. The van der Waals surface area contributed by atoms with Gasteiger partial charge < -0.3 is 15.0 Å². The Labute approximate surface area is 206 Å². The van der Waals surface area contributed by atoms with Crippen molar-refractivity contribution in [2.75, 3.05) is 11.1 Å². The Balaban J connectivity index is 0.00000148. The molecule has 0 aliphatic heterocycles. The largest absolute Gasteiger partial charge is 0.444 e. The van der Waals surface area contributed by atoms with Crippen LogP contribution in [0.4, 0.5) is 29.5 Å². The normalized spacial score (nSPS) is 12.6. The van der Waals surface area contributed by atoms with Gasteiger partial charge in [0.05, 0.1) is 16.8 Å². The lowest BCUT2D eigenvalue weighted by Gasteiger charge is -2.17. The number of nitrogens with two attached hydrogens (primary N) is 1. The number of hydrogen-bond acceptors (Lipinski definition) is 5. The fraction of sp³-hybridized carbons (Fsp3) is 0.269. The van der Waals surface area contributed by atoms with Gasteiger partial charge in [0.15, 0.2) is 5.82 Å². The lowest BCUT2D eigenvalue weighted by molar-refractivity contribution is -0.136. The molecule has 2 aromatic carbocycles. The van der Waals surface area contributed by atoms with E-state index >= 15 is 0 Å². The zero-order valence-electron chi connectivity index (χ0n) is 19.9. The molecule has 36 heavy (non-hydrogen) atoms. The minimum atomic E-state index is -4.72. The van der Waals surface area contributed by atoms with Crippen LogP contribution in [0.1, 0.15) is 42.7 Å². The second-order valence-electron chi connectivity index (χ2n) is 7.98. The number of carbonyl (C=O) groups is 1. The molecule has 0 bridgehead atoms. The average molecular weight is 498 g/mol. The van der Waals surface area contributed by atoms with Gasteiger partial charge in [-0.15, -0.1) is 0 Å². The number of fused-ring (bicyclic) bond motifs is 3. The van der Waals surface area contributed by atoms with E-state index in [1.54, 1.807) is 28.8 Å². The van der Waals surface area contributed by atoms with Crippen molar-refractivity contribution in [1.82, 2.24) is 14.5 Å². The summed E-state index contributed by atoms with van der Waals surface area (Å²) >= 11 is 0. The third-order valence-electron chi connectivity index (χ3n) is 5.83.